The van der Waals surface area contributed by atoms with Crippen LogP contribution in [0.3, 0.4) is 0 Å². The normalized spacial score (nSPS) is 13.7. The Morgan fingerprint density at radius 3 is 2.64 bits per heavy atom. The second-order valence-corrected chi connectivity index (χ2v) is 6.54. The standard InChI is InChI=1S/C17H17NO3S/c1-11-3-6-14(7-4-11)22-12(2)17(19)18-13-5-8-15-16(9-13)21-10-20-15/h3-9,12H,10H2,1-2H3,(H,18,19)/t12-/m1/s1. The number of aryl methyl sites for hydroxylation is 1. The van der Waals surface area contributed by atoms with Crippen LogP contribution in [0.2, 0.25) is 0 Å². The highest BCUT2D eigenvalue weighted by molar-refractivity contribution is 8.00. The smallest absolute Gasteiger partial charge is 0.237 e. The van der Waals surface area contributed by atoms with Gasteiger partial charge in [-0.15, -0.1) is 11.8 Å². The first-order valence-electron chi connectivity index (χ1n) is 7.05. The van der Waals surface area contributed by atoms with E-state index in [1.165, 1.54) is 17.3 Å². The topological polar surface area (TPSA) is 47.6 Å². The van der Waals surface area contributed by atoms with Gasteiger partial charge in [-0.3, -0.25) is 4.79 Å². The van der Waals surface area contributed by atoms with E-state index >= 15 is 0 Å². The Morgan fingerprint density at radius 1 is 1.14 bits per heavy atom. The molecule has 0 unspecified atom stereocenters. The van der Waals surface area contributed by atoms with Gasteiger partial charge in [-0.1, -0.05) is 17.7 Å². The number of ether oxygens (including phenoxy) is 2. The van der Waals surface area contributed by atoms with Crippen molar-refractivity contribution in [1.29, 1.82) is 0 Å². The van der Waals surface area contributed by atoms with Gasteiger partial charge >= 0.3 is 0 Å². The van der Waals surface area contributed by atoms with E-state index in [9.17, 15) is 4.79 Å². The number of thioether (sulfide) groups is 1. The van der Waals surface area contributed by atoms with Crippen molar-refractivity contribution < 1.29 is 14.3 Å². The molecule has 1 N–H and O–H groups in total. The maximum atomic E-state index is 12.3. The Balaban J connectivity index is 1.62. The summed E-state index contributed by atoms with van der Waals surface area (Å²) in [5, 5.41) is 2.72. The van der Waals surface area contributed by atoms with Crippen LogP contribution in [0.1, 0.15) is 12.5 Å². The highest BCUT2D eigenvalue weighted by Gasteiger charge is 2.17. The fraction of sp³-hybridized carbons (Fsp3) is 0.235. The third-order valence-corrected chi connectivity index (χ3v) is 4.46. The lowest BCUT2D eigenvalue weighted by molar-refractivity contribution is -0.115. The molecule has 0 radical (unpaired) electrons. The van der Waals surface area contributed by atoms with Crippen molar-refractivity contribution in [2.45, 2.75) is 24.0 Å². The molecule has 2 aromatic rings. The molecular weight excluding hydrogens is 298 g/mol. The summed E-state index contributed by atoms with van der Waals surface area (Å²) >= 11 is 1.54. The fourth-order valence-electron chi connectivity index (χ4n) is 2.09. The molecule has 4 nitrogen and oxygen atoms in total. The molecule has 3 rings (SSSR count). The molecule has 0 aromatic heterocycles. The van der Waals surface area contributed by atoms with Gasteiger partial charge in [0.05, 0.1) is 5.25 Å². The van der Waals surface area contributed by atoms with E-state index in [4.69, 9.17) is 9.47 Å². The van der Waals surface area contributed by atoms with Gasteiger partial charge in [-0.05, 0) is 38.1 Å². The molecule has 0 fully saturated rings. The summed E-state index contributed by atoms with van der Waals surface area (Å²) in [5.74, 6) is 1.33. The number of nitrogens with one attached hydrogen (secondary N) is 1. The van der Waals surface area contributed by atoms with E-state index in [-0.39, 0.29) is 18.0 Å². The second-order valence-electron chi connectivity index (χ2n) is 5.13. The molecule has 0 aliphatic carbocycles. The molecule has 1 aliphatic heterocycles. The van der Waals surface area contributed by atoms with Crippen molar-refractivity contribution in [2.24, 2.45) is 0 Å². The first-order chi connectivity index (χ1) is 10.6. The largest absolute Gasteiger partial charge is 0.454 e. The molecular formula is C17H17NO3S. The van der Waals surface area contributed by atoms with Crippen LogP contribution in [0, 0.1) is 6.92 Å². The highest BCUT2D eigenvalue weighted by atomic mass is 32.2. The number of carbonyl (C=O) groups is 1. The van der Waals surface area contributed by atoms with Gasteiger partial charge in [0.1, 0.15) is 0 Å². The molecule has 0 spiro atoms. The van der Waals surface area contributed by atoms with E-state index in [2.05, 4.69) is 5.32 Å². The monoisotopic (exact) mass is 315 g/mol. The van der Waals surface area contributed by atoms with E-state index in [1.54, 1.807) is 12.1 Å². The molecule has 1 amide bonds. The lowest BCUT2D eigenvalue weighted by Gasteiger charge is -2.12. The van der Waals surface area contributed by atoms with Gasteiger partial charge < -0.3 is 14.8 Å². The maximum absolute atomic E-state index is 12.3. The molecule has 1 atom stereocenters. The summed E-state index contributed by atoms with van der Waals surface area (Å²) in [5.41, 5.74) is 1.92. The molecule has 0 saturated carbocycles. The number of anilines is 1. The average molecular weight is 315 g/mol. The summed E-state index contributed by atoms with van der Waals surface area (Å²) < 4.78 is 10.6. The maximum Gasteiger partial charge on any atom is 0.237 e. The number of rotatable bonds is 4. The predicted octanol–water partition coefficient (Wildman–Crippen LogP) is 3.84. The number of fused-ring (bicyclic) bond motifs is 1. The van der Waals surface area contributed by atoms with Gasteiger partial charge in [0, 0.05) is 16.6 Å². The van der Waals surface area contributed by atoms with Crippen LogP contribution in [0.5, 0.6) is 11.5 Å². The van der Waals surface area contributed by atoms with E-state index < -0.39 is 0 Å². The van der Waals surface area contributed by atoms with Crippen LogP contribution in [0.15, 0.2) is 47.4 Å². The van der Waals surface area contributed by atoms with Crippen LogP contribution in [-0.2, 0) is 4.79 Å². The first kappa shape index (κ1) is 14.8. The van der Waals surface area contributed by atoms with Crippen molar-refractivity contribution >= 4 is 23.4 Å². The van der Waals surface area contributed by atoms with E-state index in [1.807, 2.05) is 44.2 Å². The van der Waals surface area contributed by atoms with Gasteiger partial charge in [0.15, 0.2) is 11.5 Å². The Morgan fingerprint density at radius 2 is 1.86 bits per heavy atom. The fourth-order valence-corrected chi connectivity index (χ4v) is 2.96. The number of benzene rings is 2. The summed E-state index contributed by atoms with van der Waals surface area (Å²) in [6.45, 7) is 4.17. The summed E-state index contributed by atoms with van der Waals surface area (Å²) in [7, 11) is 0. The number of carbonyl (C=O) groups excluding carboxylic acids is 1. The minimum atomic E-state index is -0.187. The third-order valence-electron chi connectivity index (χ3n) is 3.34. The quantitative estimate of drug-likeness (QED) is 0.871. The molecule has 0 bridgehead atoms. The zero-order chi connectivity index (χ0) is 15.5. The molecule has 5 heteroatoms. The Labute approximate surface area is 133 Å². The Kier molecular flexibility index (Phi) is 4.24. The summed E-state index contributed by atoms with van der Waals surface area (Å²) in [6.07, 6.45) is 0. The second kappa shape index (κ2) is 6.32. The lowest BCUT2D eigenvalue weighted by Crippen LogP contribution is -2.22. The Bertz CT molecular complexity index is 685. The molecule has 1 heterocycles. The average Bonchev–Trinajstić information content (AvgIpc) is 2.97. The third kappa shape index (κ3) is 3.36. The van der Waals surface area contributed by atoms with Crippen LogP contribution in [-0.4, -0.2) is 18.0 Å². The minimum absolute atomic E-state index is 0.0376. The number of hydrogen-bond acceptors (Lipinski definition) is 4. The van der Waals surface area contributed by atoms with Crippen molar-refractivity contribution in [3.63, 3.8) is 0 Å². The minimum Gasteiger partial charge on any atom is -0.454 e. The SMILES string of the molecule is Cc1ccc(S[C@H](C)C(=O)Nc2ccc3c(c2)OCO3)cc1. The molecule has 114 valence electrons. The van der Waals surface area contributed by atoms with Crippen LogP contribution in [0.25, 0.3) is 0 Å². The highest BCUT2D eigenvalue weighted by Crippen LogP contribution is 2.34. The first-order valence-corrected chi connectivity index (χ1v) is 7.93. The van der Waals surface area contributed by atoms with Gasteiger partial charge in [-0.2, -0.15) is 0 Å². The van der Waals surface area contributed by atoms with Crippen molar-refractivity contribution in [1.82, 2.24) is 0 Å². The predicted molar refractivity (Wildman–Crippen MR) is 87.7 cm³/mol. The van der Waals surface area contributed by atoms with Crippen LogP contribution >= 0.6 is 11.8 Å². The van der Waals surface area contributed by atoms with Crippen LogP contribution in [0.4, 0.5) is 5.69 Å². The van der Waals surface area contributed by atoms with Gasteiger partial charge in [0.25, 0.3) is 0 Å². The van der Waals surface area contributed by atoms with Crippen molar-refractivity contribution in [3.8, 4) is 11.5 Å². The van der Waals surface area contributed by atoms with Crippen molar-refractivity contribution in [3.05, 3.63) is 48.0 Å². The number of amides is 1. The Hall–Kier alpha value is -2.14. The molecule has 22 heavy (non-hydrogen) atoms. The molecule has 2 aromatic carbocycles. The number of hydrogen-bond donors (Lipinski definition) is 1. The summed E-state index contributed by atoms with van der Waals surface area (Å²) in [6, 6.07) is 13.6. The molecule has 1 aliphatic rings. The van der Waals surface area contributed by atoms with E-state index in [0.717, 1.165) is 4.90 Å². The summed E-state index contributed by atoms with van der Waals surface area (Å²) in [4.78, 5) is 13.4. The van der Waals surface area contributed by atoms with Crippen molar-refractivity contribution in [2.75, 3.05) is 12.1 Å². The van der Waals surface area contributed by atoms with E-state index in [0.29, 0.717) is 17.2 Å². The zero-order valence-corrected chi connectivity index (χ0v) is 13.3. The van der Waals surface area contributed by atoms with Gasteiger partial charge in [-0.25, -0.2) is 0 Å². The molecule has 0 saturated heterocycles. The van der Waals surface area contributed by atoms with Gasteiger partial charge in [0.2, 0.25) is 12.7 Å². The zero-order valence-electron chi connectivity index (χ0n) is 12.5. The lowest BCUT2D eigenvalue weighted by atomic mass is 10.2. The van der Waals surface area contributed by atoms with Crippen LogP contribution < -0.4 is 14.8 Å².